The molecule has 2 N–H and O–H groups in total. The first-order valence-electron chi connectivity index (χ1n) is 12.0. The number of aromatic nitrogens is 4. The molecular formula is C28H21ClF6N6O4. The standard InChI is InChI=1S/C14H8F3N3O2.C14H12F3N3O2.ClH/c1-18-12-5-9(10(7-20-12)13(21)22-2)8-3-4-11(19-6-8)14(15,16)17;1-22-13(21)11-7-19-9(5-18)4-10(11)8-2-3-12(20-6-8)14(15,16)17;/h3-7H,2H3;2-4,6-7H,5,18H2,1H3;1H. The van der Waals surface area contributed by atoms with Gasteiger partial charge in [0.25, 0.3) is 5.82 Å². The molecule has 0 unspecified atom stereocenters. The number of hydrogen-bond acceptors (Lipinski definition) is 9. The number of nitrogens with zero attached hydrogens (tertiary/aromatic N) is 5. The third-order valence-corrected chi connectivity index (χ3v) is 5.71. The molecule has 45 heavy (non-hydrogen) atoms. The van der Waals surface area contributed by atoms with Crippen molar-refractivity contribution in [1.82, 2.24) is 19.9 Å². The van der Waals surface area contributed by atoms with Gasteiger partial charge >= 0.3 is 24.3 Å². The largest absolute Gasteiger partial charge is 0.465 e. The van der Waals surface area contributed by atoms with Gasteiger partial charge in [0.05, 0.1) is 25.5 Å². The van der Waals surface area contributed by atoms with Crippen LogP contribution in [0.2, 0.25) is 0 Å². The summed E-state index contributed by atoms with van der Waals surface area (Å²) in [5, 5.41) is 0. The molecule has 236 valence electrons. The van der Waals surface area contributed by atoms with E-state index in [0.717, 1.165) is 30.7 Å². The van der Waals surface area contributed by atoms with Crippen molar-refractivity contribution in [3.8, 4) is 22.3 Å². The third-order valence-electron chi connectivity index (χ3n) is 5.71. The maximum Gasteiger partial charge on any atom is 0.433 e. The van der Waals surface area contributed by atoms with Crippen LogP contribution in [0.3, 0.4) is 0 Å². The summed E-state index contributed by atoms with van der Waals surface area (Å²) in [5.74, 6) is -1.35. The van der Waals surface area contributed by atoms with Gasteiger partial charge in [0.1, 0.15) is 23.1 Å². The van der Waals surface area contributed by atoms with Gasteiger partial charge in [0, 0.05) is 36.3 Å². The molecule has 4 rings (SSSR count). The Kier molecular flexibility index (Phi) is 12.0. The zero-order chi connectivity index (χ0) is 32.7. The van der Waals surface area contributed by atoms with Crippen molar-refractivity contribution in [2.75, 3.05) is 14.2 Å². The highest BCUT2D eigenvalue weighted by Crippen LogP contribution is 2.32. The number of esters is 2. The van der Waals surface area contributed by atoms with Gasteiger partial charge in [-0.3, -0.25) is 15.0 Å². The van der Waals surface area contributed by atoms with Crippen molar-refractivity contribution in [3.05, 3.63) is 101 Å². The molecule has 4 aromatic rings. The molecule has 0 atom stereocenters. The number of ether oxygens (including phenoxy) is 2. The van der Waals surface area contributed by atoms with E-state index in [2.05, 4.69) is 34.3 Å². The molecule has 0 saturated heterocycles. The Balaban J connectivity index is 0.000000307. The number of alkyl halides is 6. The molecule has 4 aromatic heterocycles. The molecule has 4 heterocycles. The van der Waals surface area contributed by atoms with Crippen molar-refractivity contribution in [2.24, 2.45) is 5.73 Å². The van der Waals surface area contributed by atoms with E-state index in [9.17, 15) is 35.9 Å². The normalized spacial score (nSPS) is 10.8. The fraction of sp³-hybridized carbons (Fsp3) is 0.179. The van der Waals surface area contributed by atoms with Gasteiger partial charge in [-0.25, -0.2) is 9.59 Å². The first-order chi connectivity index (χ1) is 20.7. The van der Waals surface area contributed by atoms with E-state index in [4.69, 9.17) is 12.3 Å². The fourth-order valence-corrected chi connectivity index (χ4v) is 3.58. The SMILES string of the molecule is COC(=O)c1cnc(CN)cc1-c1ccc(C(F)(F)F)nc1.Cl.[C-]#[N+]c1cc(-c2ccc(C(F)(F)F)nc2)c(C(=O)OC)cn1. The van der Waals surface area contributed by atoms with Crippen LogP contribution in [0.15, 0.2) is 61.2 Å². The molecule has 0 amide bonds. The van der Waals surface area contributed by atoms with Crippen molar-refractivity contribution in [2.45, 2.75) is 18.9 Å². The average Bonchev–Trinajstić information content (AvgIpc) is 3.03. The Morgan fingerprint density at radius 3 is 1.56 bits per heavy atom. The second-order valence-corrected chi connectivity index (χ2v) is 8.47. The van der Waals surface area contributed by atoms with Gasteiger partial charge in [-0.2, -0.15) is 26.3 Å². The molecule has 0 bridgehead atoms. The maximum absolute atomic E-state index is 12.5. The van der Waals surface area contributed by atoms with Crippen LogP contribution < -0.4 is 5.73 Å². The molecule has 0 fully saturated rings. The smallest absolute Gasteiger partial charge is 0.433 e. The Bertz CT molecular complexity index is 1690. The van der Waals surface area contributed by atoms with Crippen LogP contribution in [0.5, 0.6) is 0 Å². The summed E-state index contributed by atoms with van der Waals surface area (Å²) in [5.41, 5.74) is 5.27. The minimum absolute atomic E-state index is 0. The summed E-state index contributed by atoms with van der Waals surface area (Å²) in [6, 6.07) is 6.87. The molecule has 0 spiro atoms. The quantitative estimate of drug-likeness (QED) is 0.149. The van der Waals surface area contributed by atoms with Crippen LogP contribution in [0.25, 0.3) is 27.1 Å². The maximum atomic E-state index is 12.5. The fourth-order valence-electron chi connectivity index (χ4n) is 3.58. The number of methoxy groups -OCH3 is 2. The first kappa shape index (κ1) is 36.1. The van der Waals surface area contributed by atoms with Gasteiger partial charge in [-0.05, 0) is 35.4 Å². The van der Waals surface area contributed by atoms with Crippen LogP contribution in [-0.4, -0.2) is 46.1 Å². The lowest BCUT2D eigenvalue weighted by Crippen LogP contribution is -2.09. The Morgan fingerprint density at radius 1 is 0.756 bits per heavy atom. The van der Waals surface area contributed by atoms with E-state index in [-0.39, 0.29) is 47.0 Å². The van der Waals surface area contributed by atoms with Gasteiger partial charge < -0.3 is 20.1 Å². The highest BCUT2D eigenvalue weighted by molar-refractivity contribution is 5.98. The lowest BCUT2D eigenvalue weighted by Gasteiger charge is -2.10. The Labute approximate surface area is 257 Å². The van der Waals surface area contributed by atoms with E-state index in [1.165, 1.54) is 44.7 Å². The molecule has 0 aliphatic rings. The number of carbonyl (C=O) groups is 2. The topological polar surface area (TPSA) is 135 Å². The molecule has 0 aliphatic carbocycles. The van der Waals surface area contributed by atoms with Gasteiger partial charge in [-0.1, -0.05) is 18.7 Å². The van der Waals surface area contributed by atoms with Crippen molar-refractivity contribution in [1.29, 1.82) is 0 Å². The number of rotatable bonds is 5. The lowest BCUT2D eigenvalue weighted by molar-refractivity contribution is -0.141. The van der Waals surface area contributed by atoms with E-state index < -0.39 is 35.7 Å². The second kappa shape index (κ2) is 15.0. The number of pyridine rings is 4. The average molecular weight is 655 g/mol. The highest BCUT2D eigenvalue weighted by Gasteiger charge is 2.33. The second-order valence-electron chi connectivity index (χ2n) is 8.47. The summed E-state index contributed by atoms with van der Waals surface area (Å²) >= 11 is 0. The van der Waals surface area contributed by atoms with Gasteiger partial charge in [0.15, 0.2) is 0 Å². The van der Waals surface area contributed by atoms with Crippen LogP contribution in [0.4, 0.5) is 32.2 Å². The van der Waals surface area contributed by atoms with Crippen molar-refractivity contribution < 1.29 is 45.4 Å². The van der Waals surface area contributed by atoms with Crippen molar-refractivity contribution in [3.63, 3.8) is 0 Å². The lowest BCUT2D eigenvalue weighted by atomic mass is 10.0. The van der Waals surface area contributed by atoms with E-state index in [1.807, 2.05) is 0 Å². The predicted octanol–water partition coefficient (Wildman–Crippen LogP) is 6.33. The van der Waals surface area contributed by atoms with Gasteiger partial charge in [-0.15, -0.1) is 17.4 Å². The monoisotopic (exact) mass is 654 g/mol. The summed E-state index contributed by atoms with van der Waals surface area (Å²) in [7, 11) is 2.37. The minimum atomic E-state index is -4.55. The third kappa shape index (κ3) is 8.94. The molecule has 0 radical (unpaired) electrons. The molecule has 0 saturated carbocycles. The Morgan fingerprint density at radius 2 is 1.20 bits per heavy atom. The Hall–Kier alpha value is -5.14. The number of hydrogen-bond donors (Lipinski definition) is 1. The van der Waals surface area contributed by atoms with Crippen LogP contribution in [0, 0.1) is 6.57 Å². The summed E-state index contributed by atoms with van der Waals surface area (Å²) in [6.07, 6.45) is -4.62. The molecule has 0 aliphatic heterocycles. The zero-order valence-electron chi connectivity index (χ0n) is 23.1. The van der Waals surface area contributed by atoms with Gasteiger partial charge in [0.2, 0.25) is 0 Å². The summed E-state index contributed by atoms with van der Waals surface area (Å²) in [6.45, 7) is 7.05. The molecule has 10 nitrogen and oxygen atoms in total. The number of halogens is 7. The summed E-state index contributed by atoms with van der Waals surface area (Å²) < 4.78 is 84.4. The predicted molar refractivity (Wildman–Crippen MR) is 149 cm³/mol. The van der Waals surface area contributed by atoms with E-state index >= 15 is 0 Å². The molecular weight excluding hydrogens is 634 g/mol. The molecule has 17 heteroatoms. The minimum Gasteiger partial charge on any atom is -0.465 e. The van der Waals surface area contributed by atoms with Crippen molar-refractivity contribution >= 4 is 30.2 Å². The number of nitrogens with two attached hydrogens (primary N) is 1. The zero-order valence-corrected chi connectivity index (χ0v) is 23.9. The van der Waals surface area contributed by atoms with E-state index in [0.29, 0.717) is 16.8 Å². The summed E-state index contributed by atoms with van der Waals surface area (Å²) in [4.78, 5) is 41.0. The van der Waals surface area contributed by atoms with Crippen LogP contribution in [-0.2, 0) is 28.4 Å². The number of carbonyl (C=O) groups excluding carboxylic acids is 2. The van der Waals surface area contributed by atoms with E-state index in [1.54, 1.807) is 0 Å². The first-order valence-corrected chi connectivity index (χ1v) is 12.0. The van der Waals surface area contributed by atoms with Crippen LogP contribution >= 0.6 is 12.4 Å². The van der Waals surface area contributed by atoms with Crippen LogP contribution in [0.1, 0.15) is 37.8 Å². The highest BCUT2D eigenvalue weighted by atomic mass is 35.5. The molecule has 0 aromatic carbocycles.